The van der Waals surface area contributed by atoms with Gasteiger partial charge in [-0.2, -0.15) is 5.10 Å². The summed E-state index contributed by atoms with van der Waals surface area (Å²) in [5.74, 6) is 1.34. The van der Waals surface area contributed by atoms with Gasteiger partial charge < -0.3 is 9.47 Å². The molecule has 19 heavy (non-hydrogen) atoms. The van der Waals surface area contributed by atoms with E-state index < -0.39 is 0 Å². The van der Waals surface area contributed by atoms with Crippen LogP contribution in [-0.4, -0.2) is 30.4 Å². The molecular formula is C12H15IN4O2. The van der Waals surface area contributed by atoms with Crippen LogP contribution in [0.1, 0.15) is 0 Å². The normalized spacial score (nSPS) is 9.37. The van der Waals surface area contributed by atoms with Gasteiger partial charge in [0.1, 0.15) is 5.75 Å². The number of nitrogens with one attached hydrogen (secondary N) is 3. The molecular weight excluding hydrogens is 359 g/mol. The molecule has 6 nitrogen and oxygen atoms in total. The maximum Gasteiger partial charge on any atom is 0.287 e. The van der Waals surface area contributed by atoms with Crippen molar-refractivity contribution in [3.8, 4) is 17.0 Å². The Hall–Kier alpha value is -1.77. The fourth-order valence-electron chi connectivity index (χ4n) is 1.47. The lowest BCUT2D eigenvalue weighted by molar-refractivity contribution is 0.398. The maximum atomic E-state index is 7.34. The number of hydrogen-bond donors (Lipinski definition) is 3. The van der Waals surface area contributed by atoms with E-state index >= 15 is 0 Å². The van der Waals surface area contributed by atoms with E-state index in [4.69, 9.17) is 14.9 Å². The molecule has 0 aliphatic carbocycles. The van der Waals surface area contributed by atoms with E-state index in [2.05, 4.69) is 15.5 Å². The van der Waals surface area contributed by atoms with Crippen LogP contribution in [0.2, 0.25) is 0 Å². The number of anilines is 1. The van der Waals surface area contributed by atoms with Crippen LogP contribution in [0.5, 0.6) is 5.75 Å². The molecule has 0 saturated carbocycles. The molecule has 0 atom stereocenters. The third kappa shape index (κ3) is 3.85. The number of amidine groups is 1. The van der Waals surface area contributed by atoms with Crippen molar-refractivity contribution in [1.29, 1.82) is 5.41 Å². The standard InChI is InChI=1S/C12H14N4O2.HI/c1-17-9-5-3-8(4-6-9)10-7-11(16-15-10)14-12(13)18-2;/h3-7H,1-2H3,(H3,13,14,15,16);1H. The first-order valence-corrected chi connectivity index (χ1v) is 5.32. The van der Waals surface area contributed by atoms with Gasteiger partial charge in [-0.05, 0) is 29.8 Å². The van der Waals surface area contributed by atoms with E-state index in [0.29, 0.717) is 5.82 Å². The maximum absolute atomic E-state index is 7.34. The highest BCUT2D eigenvalue weighted by atomic mass is 127. The number of hydrogen-bond acceptors (Lipinski definition) is 4. The zero-order valence-electron chi connectivity index (χ0n) is 10.6. The molecule has 0 radical (unpaired) electrons. The Bertz CT molecular complexity index is 539. The van der Waals surface area contributed by atoms with E-state index in [1.165, 1.54) is 7.11 Å². The third-order valence-corrected chi connectivity index (χ3v) is 2.42. The fourth-order valence-corrected chi connectivity index (χ4v) is 1.47. The Labute approximate surface area is 128 Å². The lowest BCUT2D eigenvalue weighted by Gasteiger charge is -2.01. The quantitative estimate of drug-likeness (QED) is 0.438. The van der Waals surface area contributed by atoms with Crippen LogP contribution >= 0.6 is 24.0 Å². The number of ether oxygens (including phenoxy) is 2. The minimum Gasteiger partial charge on any atom is -0.497 e. The number of halogens is 1. The van der Waals surface area contributed by atoms with Crippen LogP contribution in [0.15, 0.2) is 30.3 Å². The van der Waals surface area contributed by atoms with Crippen molar-refractivity contribution >= 4 is 35.8 Å². The van der Waals surface area contributed by atoms with Crippen molar-refractivity contribution in [3.05, 3.63) is 30.3 Å². The molecule has 0 bridgehead atoms. The van der Waals surface area contributed by atoms with Crippen molar-refractivity contribution in [2.75, 3.05) is 19.5 Å². The summed E-state index contributed by atoms with van der Waals surface area (Å²) in [6.07, 6.45) is 0. The summed E-state index contributed by atoms with van der Waals surface area (Å²) in [7, 11) is 3.05. The van der Waals surface area contributed by atoms with Crippen molar-refractivity contribution < 1.29 is 9.47 Å². The van der Waals surface area contributed by atoms with Gasteiger partial charge in [0.2, 0.25) is 0 Å². The minimum atomic E-state index is -0.0530. The summed E-state index contributed by atoms with van der Waals surface area (Å²) in [6, 6.07) is 9.36. The minimum absolute atomic E-state index is 0. The largest absolute Gasteiger partial charge is 0.497 e. The SMILES string of the molecule is COC(=N)Nc1cc(-c2ccc(OC)cc2)[nH]n1.I. The number of benzene rings is 1. The van der Waals surface area contributed by atoms with Gasteiger partial charge in [-0.25, -0.2) is 0 Å². The first kappa shape index (κ1) is 15.3. The predicted octanol–water partition coefficient (Wildman–Crippen LogP) is 2.70. The molecule has 0 fully saturated rings. The van der Waals surface area contributed by atoms with Gasteiger partial charge >= 0.3 is 0 Å². The summed E-state index contributed by atoms with van der Waals surface area (Å²) in [4.78, 5) is 0. The van der Waals surface area contributed by atoms with Crippen LogP contribution < -0.4 is 10.1 Å². The smallest absolute Gasteiger partial charge is 0.287 e. The fraction of sp³-hybridized carbons (Fsp3) is 0.167. The van der Waals surface area contributed by atoms with Crippen molar-refractivity contribution in [1.82, 2.24) is 10.2 Å². The highest BCUT2D eigenvalue weighted by Crippen LogP contribution is 2.22. The summed E-state index contributed by atoms with van der Waals surface area (Å²) >= 11 is 0. The number of methoxy groups -OCH3 is 2. The van der Waals surface area contributed by atoms with Crippen LogP contribution in [0, 0.1) is 5.41 Å². The van der Waals surface area contributed by atoms with Gasteiger partial charge in [0.05, 0.1) is 19.9 Å². The van der Waals surface area contributed by atoms with Crippen LogP contribution in [0.4, 0.5) is 5.82 Å². The van der Waals surface area contributed by atoms with E-state index in [0.717, 1.165) is 17.0 Å². The Kier molecular flexibility index (Phi) is 5.61. The molecule has 0 spiro atoms. The number of H-pyrrole nitrogens is 1. The zero-order chi connectivity index (χ0) is 13.0. The Balaban J connectivity index is 0.00000180. The topological polar surface area (TPSA) is 83.0 Å². The first-order chi connectivity index (χ1) is 8.72. The van der Waals surface area contributed by atoms with E-state index in [1.54, 1.807) is 13.2 Å². The van der Waals surface area contributed by atoms with E-state index in [9.17, 15) is 0 Å². The average molecular weight is 374 g/mol. The summed E-state index contributed by atoms with van der Waals surface area (Å²) in [6.45, 7) is 0. The molecule has 2 aromatic rings. The Morgan fingerprint density at radius 2 is 1.95 bits per heavy atom. The second kappa shape index (κ2) is 6.98. The molecule has 0 saturated heterocycles. The number of rotatable bonds is 3. The molecule has 102 valence electrons. The Morgan fingerprint density at radius 3 is 2.53 bits per heavy atom. The molecule has 0 amide bonds. The lowest BCUT2D eigenvalue weighted by Crippen LogP contribution is -2.12. The van der Waals surface area contributed by atoms with Gasteiger partial charge in [0.15, 0.2) is 5.82 Å². The molecule has 1 aromatic heterocycles. The molecule has 0 aliphatic rings. The second-order valence-corrected chi connectivity index (χ2v) is 3.55. The van der Waals surface area contributed by atoms with Crippen molar-refractivity contribution in [3.63, 3.8) is 0 Å². The van der Waals surface area contributed by atoms with E-state index in [1.807, 2.05) is 24.3 Å². The predicted molar refractivity (Wildman–Crippen MR) is 84.3 cm³/mol. The third-order valence-electron chi connectivity index (χ3n) is 2.42. The molecule has 7 heteroatoms. The number of nitrogens with zero attached hydrogens (tertiary/aromatic N) is 1. The number of aromatic amines is 1. The van der Waals surface area contributed by atoms with Gasteiger partial charge in [-0.15, -0.1) is 24.0 Å². The van der Waals surface area contributed by atoms with Gasteiger partial charge in [-0.1, -0.05) is 0 Å². The highest BCUT2D eigenvalue weighted by Gasteiger charge is 2.05. The van der Waals surface area contributed by atoms with Gasteiger partial charge in [0.25, 0.3) is 6.02 Å². The molecule has 0 aliphatic heterocycles. The highest BCUT2D eigenvalue weighted by molar-refractivity contribution is 14.0. The van der Waals surface area contributed by atoms with Crippen LogP contribution in [0.3, 0.4) is 0 Å². The molecule has 2 rings (SSSR count). The van der Waals surface area contributed by atoms with Crippen molar-refractivity contribution in [2.24, 2.45) is 0 Å². The molecule has 1 heterocycles. The van der Waals surface area contributed by atoms with Crippen LogP contribution in [-0.2, 0) is 4.74 Å². The average Bonchev–Trinajstić information content (AvgIpc) is 2.87. The second-order valence-electron chi connectivity index (χ2n) is 3.55. The molecule has 3 N–H and O–H groups in total. The lowest BCUT2D eigenvalue weighted by atomic mass is 10.1. The summed E-state index contributed by atoms with van der Waals surface area (Å²) in [5, 5.41) is 17.0. The first-order valence-electron chi connectivity index (χ1n) is 5.32. The monoisotopic (exact) mass is 374 g/mol. The van der Waals surface area contributed by atoms with Crippen molar-refractivity contribution in [2.45, 2.75) is 0 Å². The summed E-state index contributed by atoms with van der Waals surface area (Å²) < 4.78 is 9.80. The van der Waals surface area contributed by atoms with Gasteiger partial charge in [0, 0.05) is 6.07 Å². The zero-order valence-corrected chi connectivity index (χ0v) is 12.9. The van der Waals surface area contributed by atoms with Gasteiger partial charge in [-0.3, -0.25) is 15.8 Å². The molecule has 1 aromatic carbocycles. The number of aromatic nitrogens is 2. The van der Waals surface area contributed by atoms with Crippen LogP contribution in [0.25, 0.3) is 11.3 Å². The summed E-state index contributed by atoms with van der Waals surface area (Å²) in [5.41, 5.74) is 1.84. The Morgan fingerprint density at radius 1 is 1.26 bits per heavy atom. The molecule has 0 unspecified atom stereocenters. The van der Waals surface area contributed by atoms with E-state index in [-0.39, 0.29) is 30.0 Å².